The van der Waals surface area contributed by atoms with E-state index in [1.807, 2.05) is 0 Å². The molecule has 1 aliphatic heterocycles. The van der Waals surface area contributed by atoms with E-state index >= 15 is 0 Å². The number of aliphatic carboxylic acids is 1. The summed E-state index contributed by atoms with van der Waals surface area (Å²) in [4.78, 5) is 48.7. The van der Waals surface area contributed by atoms with Gasteiger partial charge in [0, 0.05) is 0 Å². The molecular weight excluding hydrogens is 477 g/mol. The number of anilines is 1. The Morgan fingerprint density at radius 2 is 1.85 bits per heavy atom. The Morgan fingerprint density at radius 1 is 1.18 bits per heavy atom. The van der Waals surface area contributed by atoms with Crippen molar-refractivity contribution in [1.29, 1.82) is 0 Å². The summed E-state index contributed by atoms with van der Waals surface area (Å²) in [6.07, 6.45) is 1.32. The van der Waals surface area contributed by atoms with Crippen LogP contribution < -0.4 is 20.1 Å². The number of carbonyl (C=O) groups is 4. The second-order valence-corrected chi connectivity index (χ2v) is 7.44. The largest absolute Gasteiger partial charge is 0.495 e. The highest BCUT2D eigenvalue weighted by Gasteiger charge is 2.35. The van der Waals surface area contributed by atoms with Crippen LogP contribution in [-0.4, -0.2) is 54.1 Å². The molecule has 4 amide bonds. The zero-order valence-electron chi connectivity index (χ0n) is 17.1. The molecular formula is C21H17Cl2N3O7. The van der Waals surface area contributed by atoms with Gasteiger partial charge in [0.05, 0.1) is 22.8 Å². The van der Waals surface area contributed by atoms with E-state index in [1.165, 1.54) is 25.3 Å². The molecule has 3 N–H and O–H groups in total. The number of benzene rings is 2. The molecule has 0 unspecified atom stereocenters. The molecule has 33 heavy (non-hydrogen) atoms. The van der Waals surface area contributed by atoms with Crippen LogP contribution in [0, 0.1) is 0 Å². The van der Waals surface area contributed by atoms with Crippen molar-refractivity contribution < 1.29 is 33.8 Å². The molecule has 0 radical (unpaired) electrons. The van der Waals surface area contributed by atoms with Gasteiger partial charge in [-0.1, -0.05) is 35.3 Å². The zero-order chi connectivity index (χ0) is 24.1. The van der Waals surface area contributed by atoms with Gasteiger partial charge in [0.1, 0.15) is 18.0 Å². The van der Waals surface area contributed by atoms with E-state index in [4.69, 9.17) is 37.8 Å². The molecule has 1 heterocycles. The standard InChI is InChI=1S/C21H17Cl2N3O7/c1-32-16-5-3-2-4-14(16)24-17(27)9-26-20(30)15(25-21(26)31)8-11-6-12(22)19(13(23)7-11)33-10-18(28)29/h2-8H,9-10H2,1H3,(H,24,27)(H,25,31)(H,28,29)/b15-8+. The quantitative estimate of drug-likeness (QED) is 0.380. The zero-order valence-corrected chi connectivity index (χ0v) is 18.6. The number of amides is 4. The topological polar surface area (TPSA) is 134 Å². The molecule has 1 fully saturated rings. The molecule has 0 bridgehead atoms. The lowest BCUT2D eigenvalue weighted by Gasteiger charge is -2.13. The van der Waals surface area contributed by atoms with Crippen molar-refractivity contribution in [2.45, 2.75) is 0 Å². The molecule has 1 aliphatic rings. The third-order valence-electron chi connectivity index (χ3n) is 4.32. The predicted molar refractivity (Wildman–Crippen MR) is 119 cm³/mol. The van der Waals surface area contributed by atoms with Crippen LogP contribution in [0.3, 0.4) is 0 Å². The number of halogens is 2. The molecule has 10 nitrogen and oxygen atoms in total. The lowest BCUT2D eigenvalue weighted by atomic mass is 10.1. The van der Waals surface area contributed by atoms with Crippen LogP contribution in [0.2, 0.25) is 10.0 Å². The molecule has 12 heteroatoms. The number of hydrogen-bond acceptors (Lipinski definition) is 6. The fourth-order valence-electron chi connectivity index (χ4n) is 2.90. The van der Waals surface area contributed by atoms with E-state index < -0.39 is 37.0 Å². The summed E-state index contributed by atoms with van der Waals surface area (Å²) in [6, 6.07) is 8.68. The third-order valence-corrected chi connectivity index (χ3v) is 4.88. The van der Waals surface area contributed by atoms with E-state index in [0.29, 0.717) is 17.0 Å². The van der Waals surface area contributed by atoms with Gasteiger partial charge in [-0.15, -0.1) is 0 Å². The number of carbonyl (C=O) groups excluding carboxylic acids is 3. The number of imide groups is 1. The van der Waals surface area contributed by atoms with Gasteiger partial charge >= 0.3 is 12.0 Å². The van der Waals surface area contributed by atoms with Gasteiger partial charge in [0.25, 0.3) is 5.91 Å². The van der Waals surface area contributed by atoms with Gasteiger partial charge in [-0.2, -0.15) is 0 Å². The molecule has 0 spiro atoms. The van der Waals surface area contributed by atoms with E-state index in [1.54, 1.807) is 24.3 Å². The second-order valence-electron chi connectivity index (χ2n) is 6.62. The molecule has 2 aromatic carbocycles. The van der Waals surface area contributed by atoms with E-state index in [2.05, 4.69) is 10.6 Å². The first-order valence-electron chi connectivity index (χ1n) is 9.30. The van der Waals surface area contributed by atoms with Crippen LogP contribution >= 0.6 is 23.2 Å². The normalized spacial score (nSPS) is 14.3. The maximum Gasteiger partial charge on any atom is 0.341 e. The smallest absolute Gasteiger partial charge is 0.341 e. The summed E-state index contributed by atoms with van der Waals surface area (Å²) in [7, 11) is 1.45. The fraction of sp³-hybridized carbons (Fsp3) is 0.143. The first-order chi connectivity index (χ1) is 15.7. The lowest BCUT2D eigenvalue weighted by Crippen LogP contribution is -2.38. The molecule has 0 aliphatic carbocycles. The summed E-state index contributed by atoms with van der Waals surface area (Å²) in [6.45, 7) is -1.16. The molecule has 0 saturated carbocycles. The summed E-state index contributed by atoms with van der Waals surface area (Å²) < 4.78 is 10.2. The highest BCUT2D eigenvalue weighted by Crippen LogP contribution is 2.35. The highest BCUT2D eigenvalue weighted by molar-refractivity contribution is 6.37. The Balaban J connectivity index is 1.73. The first kappa shape index (κ1) is 23.9. The van der Waals surface area contributed by atoms with Crippen molar-refractivity contribution in [1.82, 2.24) is 10.2 Å². The molecule has 1 saturated heterocycles. The maximum absolute atomic E-state index is 12.7. The summed E-state index contributed by atoms with van der Waals surface area (Å²) >= 11 is 12.2. The lowest BCUT2D eigenvalue weighted by molar-refractivity contribution is -0.139. The van der Waals surface area contributed by atoms with Gasteiger partial charge in [-0.3, -0.25) is 9.59 Å². The molecule has 172 valence electrons. The Hall–Kier alpha value is -3.76. The van der Waals surface area contributed by atoms with Crippen LogP contribution in [0.5, 0.6) is 11.5 Å². The third kappa shape index (κ3) is 5.73. The van der Waals surface area contributed by atoms with E-state index in [0.717, 1.165) is 4.90 Å². The number of carboxylic acid groups (broad SMARTS) is 1. The minimum atomic E-state index is -1.21. The van der Waals surface area contributed by atoms with Crippen LogP contribution in [0.25, 0.3) is 6.08 Å². The molecule has 2 aromatic rings. The van der Waals surface area contributed by atoms with Gasteiger partial charge in [0.2, 0.25) is 5.91 Å². The fourth-order valence-corrected chi connectivity index (χ4v) is 3.51. The summed E-state index contributed by atoms with van der Waals surface area (Å²) in [5.41, 5.74) is 0.635. The predicted octanol–water partition coefficient (Wildman–Crippen LogP) is 3.00. The SMILES string of the molecule is COc1ccccc1NC(=O)CN1C(=O)N/C(=C/c2cc(Cl)c(OCC(=O)O)c(Cl)c2)C1=O. The number of ether oxygens (including phenoxy) is 2. The number of hydrogen-bond donors (Lipinski definition) is 3. The Kier molecular flexibility index (Phi) is 7.41. The first-order valence-corrected chi connectivity index (χ1v) is 10.1. The molecule has 3 rings (SSSR count). The monoisotopic (exact) mass is 493 g/mol. The van der Waals surface area contributed by atoms with Gasteiger partial charge in [-0.25, -0.2) is 14.5 Å². The Labute approximate surface area is 197 Å². The van der Waals surface area contributed by atoms with Crippen molar-refractivity contribution in [3.05, 3.63) is 57.7 Å². The van der Waals surface area contributed by atoms with E-state index in [-0.39, 0.29) is 21.5 Å². The van der Waals surface area contributed by atoms with Crippen LogP contribution in [0.4, 0.5) is 10.5 Å². The molecule has 0 aromatic heterocycles. The van der Waals surface area contributed by atoms with Crippen LogP contribution in [-0.2, 0) is 14.4 Å². The molecule has 0 atom stereocenters. The Bertz CT molecular complexity index is 1140. The van der Waals surface area contributed by atoms with Crippen molar-refractivity contribution in [2.75, 3.05) is 25.6 Å². The summed E-state index contributed by atoms with van der Waals surface area (Å²) in [5, 5.41) is 13.7. The van der Waals surface area contributed by atoms with Crippen molar-refractivity contribution in [3.8, 4) is 11.5 Å². The highest BCUT2D eigenvalue weighted by atomic mass is 35.5. The average molecular weight is 494 g/mol. The van der Waals surface area contributed by atoms with E-state index in [9.17, 15) is 19.2 Å². The van der Waals surface area contributed by atoms with Gasteiger partial charge < -0.3 is 25.2 Å². The number of methoxy groups -OCH3 is 1. The van der Waals surface area contributed by atoms with Crippen molar-refractivity contribution in [3.63, 3.8) is 0 Å². The summed E-state index contributed by atoms with van der Waals surface area (Å²) in [5.74, 6) is -2.14. The van der Waals surface area contributed by atoms with Crippen LogP contribution in [0.15, 0.2) is 42.1 Å². The van der Waals surface area contributed by atoms with Gasteiger partial charge in [-0.05, 0) is 35.9 Å². The van der Waals surface area contributed by atoms with Gasteiger partial charge in [0.15, 0.2) is 12.4 Å². The van der Waals surface area contributed by atoms with Crippen molar-refractivity contribution >= 4 is 58.8 Å². The Morgan fingerprint density at radius 3 is 2.48 bits per heavy atom. The van der Waals surface area contributed by atoms with Crippen molar-refractivity contribution in [2.24, 2.45) is 0 Å². The minimum Gasteiger partial charge on any atom is -0.495 e. The number of rotatable bonds is 8. The number of nitrogens with zero attached hydrogens (tertiary/aromatic N) is 1. The number of para-hydroxylation sites is 2. The van der Waals surface area contributed by atoms with Crippen LogP contribution in [0.1, 0.15) is 5.56 Å². The maximum atomic E-state index is 12.7. The number of carboxylic acids is 1. The average Bonchev–Trinajstić information content (AvgIpc) is 3.00. The minimum absolute atomic E-state index is 0.0143. The number of urea groups is 1. The second kappa shape index (κ2) is 10.2. The number of nitrogens with one attached hydrogen (secondary N) is 2.